The molecule has 0 aromatic rings. The minimum absolute atomic E-state index is 0.244. The molecule has 2 fully saturated rings. The topological polar surface area (TPSA) is 40.5 Å². The number of piperidine rings is 1. The molecule has 1 heterocycles. The van der Waals surface area contributed by atoms with Crippen LogP contribution in [0.3, 0.4) is 0 Å². The second-order valence-electron chi connectivity index (χ2n) is 4.78. The highest BCUT2D eigenvalue weighted by atomic mass is 16.3. The number of likely N-dealkylation sites (tertiary alicyclic amines) is 1. The molecule has 0 aromatic heterocycles. The van der Waals surface area contributed by atoms with E-state index in [1.54, 1.807) is 6.92 Å². The van der Waals surface area contributed by atoms with Crippen LogP contribution in [0.25, 0.3) is 0 Å². The van der Waals surface area contributed by atoms with Crippen molar-refractivity contribution in [2.24, 2.45) is 11.8 Å². The van der Waals surface area contributed by atoms with Gasteiger partial charge in [-0.2, -0.15) is 0 Å². The molecule has 0 spiro atoms. The van der Waals surface area contributed by atoms with Crippen molar-refractivity contribution in [3.8, 4) is 0 Å². The van der Waals surface area contributed by atoms with E-state index >= 15 is 0 Å². The van der Waals surface area contributed by atoms with Crippen molar-refractivity contribution in [1.82, 2.24) is 4.90 Å². The van der Waals surface area contributed by atoms with Gasteiger partial charge >= 0.3 is 0 Å². The zero-order valence-corrected chi connectivity index (χ0v) is 8.78. The lowest BCUT2D eigenvalue weighted by Gasteiger charge is -2.32. The molecular weight excluding hydrogens is 178 g/mol. The SMILES string of the molecule is CC(O)CN1CCC(C2CC2)CC1=O. The Morgan fingerprint density at radius 3 is 2.64 bits per heavy atom. The third-order valence-electron chi connectivity index (χ3n) is 3.33. The molecule has 0 bridgehead atoms. The second-order valence-corrected chi connectivity index (χ2v) is 4.78. The van der Waals surface area contributed by atoms with Crippen LogP contribution in [-0.4, -0.2) is 35.1 Å². The first-order valence-electron chi connectivity index (χ1n) is 5.62. The van der Waals surface area contributed by atoms with E-state index in [9.17, 15) is 9.90 Å². The number of hydrogen-bond acceptors (Lipinski definition) is 2. The number of carbonyl (C=O) groups excluding carboxylic acids is 1. The Balaban J connectivity index is 1.83. The Kier molecular flexibility index (Phi) is 2.77. The molecule has 1 aliphatic heterocycles. The molecule has 3 nitrogen and oxygen atoms in total. The van der Waals surface area contributed by atoms with Gasteiger partial charge in [-0.25, -0.2) is 0 Å². The van der Waals surface area contributed by atoms with E-state index in [1.165, 1.54) is 12.8 Å². The van der Waals surface area contributed by atoms with E-state index in [2.05, 4.69) is 0 Å². The van der Waals surface area contributed by atoms with E-state index in [0.717, 1.165) is 25.3 Å². The number of aliphatic hydroxyl groups is 1. The Hall–Kier alpha value is -0.570. The van der Waals surface area contributed by atoms with Gasteiger partial charge in [0.15, 0.2) is 0 Å². The monoisotopic (exact) mass is 197 g/mol. The fourth-order valence-electron chi connectivity index (χ4n) is 2.38. The molecule has 1 N–H and O–H groups in total. The van der Waals surface area contributed by atoms with Crippen LogP contribution in [-0.2, 0) is 4.79 Å². The summed E-state index contributed by atoms with van der Waals surface area (Å²) in [5, 5.41) is 9.22. The van der Waals surface area contributed by atoms with Crippen molar-refractivity contribution < 1.29 is 9.90 Å². The predicted octanol–water partition coefficient (Wildman–Crippen LogP) is 1.02. The van der Waals surface area contributed by atoms with Gasteiger partial charge in [-0.3, -0.25) is 4.79 Å². The van der Waals surface area contributed by atoms with E-state index < -0.39 is 6.10 Å². The van der Waals surface area contributed by atoms with Crippen LogP contribution in [0.1, 0.15) is 32.6 Å². The summed E-state index contributed by atoms with van der Waals surface area (Å²) in [4.78, 5) is 13.5. The first kappa shape index (κ1) is 9.97. The minimum Gasteiger partial charge on any atom is -0.392 e. The largest absolute Gasteiger partial charge is 0.392 e. The molecule has 0 radical (unpaired) electrons. The van der Waals surface area contributed by atoms with Gasteiger partial charge < -0.3 is 10.0 Å². The van der Waals surface area contributed by atoms with Gasteiger partial charge in [0.25, 0.3) is 0 Å². The summed E-state index contributed by atoms with van der Waals surface area (Å²) in [5.41, 5.74) is 0. The number of nitrogens with zero attached hydrogens (tertiary/aromatic N) is 1. The number of hydrogen-bond donors (Lipinski definition) is 1. The molecule has 2 atom stereocenters. The summed E-state index contributed by atoms with van der Waals surface area (Å²) in [6.07, 6.45) is 4.12. The summed E-state index contributed by atoms with van der Waals surface area (Å²) in [6, 6.07) is 0. The fourth-order valence-corrected chi connectivity index (χ4v) is 2.38. The van der Waals surface area contributed by atoms with Crippen LogP contribution in [0.2, 0.25) is 0 Å². The zero-order chi connectivity index (χ0) is 10.1. The van der Waals surface area contributed by atoms with Crippen molar-refractivity contribution in [2.75, 3.05) is 13.1 Å². The molecule has 3 heteroatoms. The summed E-state index contributed by atoms with van der Waals surface area (Å²) >= 11 is 0. The van der Waals surface area contributed by atoms with E-state index in [1.807, 2.05) is 4.90 Å². The second kappa shape index (κ2) is 3.89. The highest BCUT2D eigenvalue weighted by Gasteiger charge is 2.36. The molecule has 1 amide bonds. The van der Waals surface area contributed by atoms with Crippen molar-refractivity contribution >= 4 is 5.91 Å². The van der Waals surface area contributed by atoms with Gasteiger partial charge in [-0.05, 0) is 38.0 Å². The first-order valence-corrected chi connectivity index (χ1v) is 5.62. The maximum Gasteiger partial charge on any atom is 0.222 e. The normalized spacial score (nSPS) is 30.6. The average Bonchev–Trinajstić information content (AvgIpc) is 2.90. The standard InChI is InChI=1S/C11H19NO2/c1-8(13)7-12-5-4-10(6-11(12)14)9-2-3-9/h8-10,13H,2-7H2,1H3. The van der Waals surface area contributed by atoms with Crippen molar-refractivity contribution in [3.63, 3.8) is 0 Å². The maximum absolute atomic E-state index is 11.7. The maximum atomic E-state index is 11.7. The smallest absolute Gasteiger partial charge is 0.222 e. The van der Waals surface area contributed by atoms with Crippen molar-refractivity contribution in [2.45, 2.75) is 38.7 Å². The van der Waals surface area contributed by atoms with Crippen molar-refractivity contribution in [1.29, 1.82) is 0 Å². The molecule has 80 valence electrons. The van der Waals surface area contributed by atoms with E-state index in [4.69, 9.17) is 0 Å². The minimum atomic E-state index is -0.392. The van der Waals surface area contributed by atoms with Crippen LogP contribution in [0.5, 0.6) is 0 Å². The quantitative estimate of drug-likeness (QED) is 0.733. The van der Waals surface area contributed by atoms with Crippen molar-refractivity contribution in [3.05, 3.63) is 0 Å². The number of carbonyl (C=O) groups is 1. The third kappa shape index (κ3) is 2.27. The highest BCUT2D eigenvalue weighted by molar-refractivity contribution is 5.77. The van der Waals surface area contributed by atoms with Gasteiger partial charge in [0, 0.05) is 19.5 Å². The Labute approximate surface area is 85.1 Å². The van der Waals surface area contributed by atoms with Crippen LogP contribution in [0, 0.1) is 11.8 Å². The van der Waals surface area contributed by atoms with Crippen LogP contribution < -0.4 is 0 Å². The number of aliphatic hydroxyl groups excluding tert-OH is 1. The summed E-state index contributed by atoms with van der Waals surface area (Å²) in [6.45, 7) is 3.10. The Bertz CT molecular complexity index is 223. The lowest BCUT2D eigenvalue weighted by Crippen LogP contribution is -2.42. The molecule has 2 unspecified atom stereocenters. The molecule has 2 aliphatic rings. The molecule has 14 heavy (non-hydrogen) atoms. The van der Waals surface area contributed by atoms with Gasteiger partial charge in [0.2, 0.25) is 5.91 Å². The number of amides is 1. The Morgan fingerprint density at radius 1 is 1.43 bits per heavy atom. The zero-order valence-electron chi connectivity index (χ0n) is 8.78. The summed E-state index contributed by atoms with van der Waals surface area (Å²) < 4.78 is 0. The molecule has 1 saturated carbocycles. The third-order valence-corrected chi connectivity index (χ3v) is 3.33. The number of β-amino-alcohol motifs (C(OH)–C–C–N with tert-alkyl or cyclic N) is 1. The Morgan fingerprint density at radius 2 is 2.14 bits per heavy atom. The molecule has 1 saturated heterocycles. The predicted molar refractivity (Wildman–Crippen MR) is 53.7 cm³/mol. The van der Waals surface area contributed by atoms with Gasteiger partial charge in [-0.15, -0.1) is 0 Å². The van der Waals surface area contributed by atoms with Gasteiger partial charge in [0.05, 0.1) is 6.10 Å². The lowest BCUT2D eigenvalue weighted by molar-refractivity contribution is -0.136. The van der Waals surface area contributed by atoms with E-state index in [0.29, 0.717) is 12.5 Å². The van der Waals surface area contributed by atoms with Gasteiger partial charge in [-0.1, -0.05) is 0 Å². The summed E-state index contributed by atoms with van der Waals surface area (Å²) in [5.74, 6) is 1.73. The highest BCUT2D eigenvalue weighted by Crippen LogP contribution is 2.41. The molecule has 0 aromatic carbocycles. The van der Waals surface area contributed by atoms with Crippen LogP contribution in [0.15, 0.2) is 0 Å². The van der Waals surface area contributed by atoms with Crippen LogP contribution >= 0.6 is 0 Å². The first-order chi connectivity index (χ1) is 6.66. The van der Waals surface area contributed by atoms with Gasteiger partial charge in [0.1, 0.15) is 0 Å². The molecule has 1 aliphatic carbocycles. The van der Waals surface area contributed by atoms with E-state index in [-0.39, 0.29) is 5.91 Å². The summed E-state index contributed by atoms with van der Waals surface area (Å²) in [7, 11) is 0. The lowest BCUT2D eigenvalue weighted by atomic mass is 9.91. The van der Waals surface area contributed by atoms with Crippen LogP contribution in [0.4, 0.5) is 0 Å². The average molecular weight is 197 g/mol. The fraction of sp³-hybridized carbons (Fsp3) is 0.909. The molecular formula is C11H19NO2. The number of rotatable bonds is 3. The molecule has 2 rings (SSSR count).